The van der Waals surface area contributed by atoms with Crippen molar-refractivity contribution in [2.45, 2.75) is 40.2 Å². The summed E-state index contributed by atoms with van der Waals surface area (Å²) in [5, 5.41) is 6.30. The molecule has 0 saturated heterocycles. The number of hydrogen-bond acceptors (Lipinski definition) is 3. The third kappa shape index (κ3) is 7.41. The maximum Gasteiger partial charge on any atom is 0.224 e. The molecule has 0 saturated carbocycles. The second-order valence-corrected chi connectivity index (χ2v) is 6.43. The van der Waals surface area contributed by atoms with Crippen LogP contribution in [0.1, 0.15) is 34.1 Å². The smallest absolute Gasteiger partial charge is 0.224 e. The monoisotopic (exact) mass is 352 g/mol. The number of nitrogens with two attached hydrogens (primary N) is 1. The molecule has 1 aromatic rings. The number of carbonyl (C=O) groups excluding carboxylic acids is 1. The lowest BCUT2D eigenvalue weighted by Gasteiger charge is -2.21. The third-order valence-electron chi connectivity index (χ3n) is 3.70. The molecule has 0 spiro atoms. The van der Waals surface area contributed by atoms with E-state index in [9.17, 15) is 9.18 Å². The SMILES string of the molecule is CCNC(=NCC(C)(C)C(N)=O)NCC(CC)Oc1cccc(F)c1. The Kier molecular flexibility index (Phi) is 8.18. The molecule has 1 rings (SSSR count). The molecule has 140 valence electrons. The number of primary amides is 1. The van der Waals surface area contributed by atoms with Crippen molar-refractivity contribution in [2.75, 3.05) is 19.6 Å². The van der Waals surface area contributed by atoms with Gasteiger partial charge in [0, 0.05) is 12.6 Å². The second kappa shape index (κ2) is 9.86. The zero-order chi connectivity index (χ0) is 18.9. The average Bonchev–Trinajstić information content (AvgIpc) is 2.56. The molecule has 0 radical (unpaired) electrons. The Bertz CT molecular complexity index is 590. The number of amides is 1. The molecule has 7 heteroatoms. The molecule has 1 amide bonds. The summed E-state index contributed by atoms with van der Waals surface area (Å²) in [5.41, 5.74) is 4.65. The summed E-state index contributed by atoms with van der Waals surface area (Å²) in [7, 11) is 0. The predicted octanol–water partition coefficient (Wildman–Crippen LogP) is 2.05. The maximum atomic E-state index is 13.3. The van der Waals surface area contributed by atoms with Crippen molar-refractivity contribution in [3.8, 4) is 5.75 Å². The van der Waals surface area contributed by atoms with Crippen LogP contribution >= 0.6 is 0 Å². The zero-order valence-corrected chi connectivity index (χ0v) is 15.4. The standard InChI is InChI=1S/C18H29FN4O2/c1-5-14(25-15-9-7-8-13(19)10-15)11-22-17(21-6-2)23-12-18(3,4)16(20)24/h7-10,14H,5-6,11-12H2,1-4H3,(H2,20,24)(H2,21,22,23). The van der Waals surface area contributed by atoms with E-state index in [0.717, 1.165) is 6.42 Å². The number of nitrogens with zero attached hydrogens (tertiary/aromatic N) is 1. The molecular formula is C18H29FN4O2. The van der Waals surface area contributed by atoms with E-state index in [1.165, 1.54) is 12.1 Å². The van der Waals surface area contributed by atoms with Crippen LogP contribution in [-0.2, 0) is 4.79 Å². The van der Waals surface area contributed by atoms with Gasteiger partial charge in [0.2, 0.25) is 5.91 Å². The topological polar surface area (TPSA) is 88.7 Å². The van der Waals surface area contributed by atoms with Gasteiger partial charge >= 0.3 is 0 Å². The van der Waals surface area contributed by atoms with E-state index >= 15 is 0 Å². The first-order valence-corrected chi connectivity index (χ1v) is 8.52. The van der Waals surface area contributed by atoms with Gasteiger partial charge < -0.3 is 21.1 Å². The van der Waals surface area contributed by atoms with Crippen LogP contribution in [0.25, 0.3) is 0 Å². The third-order valence-corrected chi connectivity index (χ3v) is 3.70. The molecule has 0 heterocycles. The van der Waals surface area contributed by atoms with Gasteiger partial charge in [0.15, 0.2) is 5.96 Å². The molecule has 1 unspecified atom stereocenters. The van der Waals surface area contributed by atoms with Crippen LogP contribution in [0.15, 0.2) is 29.3 Å². The van der Waals surface area contributed by atoms with Gasteiger partial charge in [-0.15, -0.1) is 0 Å². The van der Waals surface area contributed by atoms with Crippen LogP contribution < -0.4 is 21.1 Å². The van der Waals surface area contributed by atoms with Gasteiger partial charge in [-0.2, -0.15) is 0 Å². The number of carbonyl (C=O) groups is 1. The van der Waals surface area contributed by atoms with Crippen LogP contribution in [0.3, 0.4) is 0 Å². The Morgan fingerprint density at radius 3 is 2.64 bits per heavy atom. The lowest BCUT2D eigenvalue weighted by Crippen LogP contribution is -2.43. The second-order valence-electron chi connectivity index (χ2n) is 6.43. The fraction of sp³-hybridized carbons (Fsp3) is 0.556. The van der Waals surface area contributed by atoms with Crippen LogP contribution in [0, 0.1) is 11.2 Å². The number of benzene rings is 1. The minimum absolute atomic E-state index is 0.144. The molecule has 0 fully saturated rings. The molecule has 6 nitrogen and oxygen atoms in total. The Morgan fingerprint density at radius 2 is 2.08 bits per heavy atom. The largest absolute Gasteiger partial charge is 0.489 e. The van der Waals surface area contributed by atoms with Crippen LogP contribution in [-0.4, -0.2) is 37.6 Å². The minimum Gasteiger partial charge on any atom is -0.489 e. The summed E-state index contributed by atoms with van der Waals surface area (Å²) in [6.07, 6.45) is 0.602. The van der Waals surface area contributed by atoms with Crippen molar-refractivity contribution < 1.29 is 13.9 Å². The molecule has 4 N–H and O–H groups in total. The van der Waals surface area contributed by atoms with Gasteiger partial charge in [0.25, 0.3) is 0 Å². The molecule has 0 aromatic heterocycles. The molecule has 0 bridgehead atoms. The van der Waals surface area contributed by atoms with Crippen LogP contribution in [0.5, 0.6) is 5.75 Å². The molecular weight excluding hydrogens is 323 g/mol. The molecule has 0 aliphatic carbocycles. The lowest BCUT2D eigenvalue weighted by molar-refractivity contribution is -0.125. The van der Waals surface area contributed by atoms with Gasteiger partial charge in [0.1, 0.15) is 17.7 Å². The molecule has 25 heavy (non-hydrogen) atoms. The predicted molar refractivity (Wildman–Crippen MR) is 98.1 cm³/mol. The van der Waals surface area contributed by atoms with Crippen molar-refractivity contribution in [3.63, 3.8) is 0 Å². The summed E-state index contributed by atoms with van der Waals surface area (Å²) >= 11 is 0. The van der Waals surface area contributed by atoms with Crippen molar-refractivity contribution in [1.29, 1.82) is 0 Å². The lowest BCUT2D eigenvalue weighted by atomic mass is 9.93. The number of aliphatic imine (C=N–C) groups is 1. The first-order chi connectivity index (χ1) is 11.8. The molecule has 1 aromatic carbocycles. The van der Waals surface area contributed by atoms with Gasteiger partial charge in [-0.05, 0) is 39.3 Å². The van der Waals surface area contributed by atoms with E-state index in [1.807, 2.05) is 13.8 Å². The number of rotatable bonds is 9. The number of halogens is 1. The first-order valence-electron chi connectivity index (χ1n) is 8.52. The highest BCUT2D eigenvalue weighted by molar-refractivity contribution is 5.82. The Hall–Kier alpha value is -2.31. The van der Waals surface area contributed by atoms with E-state index in [0.29, 0.717) is 24.8 Å². The van der Waals surface area contributed by atoms with E-state index in [4.69, 9.17) is 10.5 Å². The van der Waals surface area contributed by atoms with Crippen molar-refractivity contribution >= 4 is 11.9 Å². The highest BCUT2D eigenvalue weighted by Gasteiger charge is 2.24. The van der Waals surface area contributed by atoms with E-state index in [-0.39, 0.29) is 18.5 Å². The number of hydrogen-bond donors (Lipinski definition) is 3. The number of guanidine groups is 1. The maximum absolute atomic E-state index is 13.3. The van der Waals surface area contributed by atoms with E-state index in [1.54, 1.807) is 26.0 Å². The number of nitrogens with one attached hydrogen (secondary N) is 2. The van der Waals surface area contributed by atoms with Gasteiger partial charge in [-0.1, -0.05) is 13.0 Å². The van der Waals surface area contributed by atoms with Crippen molar-refractivity contribution in [2.24, 2.45) is 16.1 Å². The minimum atomic E-state index is -0.718. The number of ether oxygens (including phenoxy) is 1. The van der Waals surface area contributed by atoms with Gasteiger partial charge in [-0.3, -0.25) is 9.79 Å². The van der Waals surface area contributed by atoms with E-state index < -0.39 is 11.3 Å². The Morgan fingerprint density at radius 1 is 1.36 bits per heavy atom. The van der Waals surface area contributed by atoms with Gasteiger partial charge in [-0.25, -0.2) is 4.39 Å². The summed E-state index contributed by atoms with van der Waals surface area (Å²) in [6, 6.07) is 6.07. The fourth-order valence-electron chi connectivity index (χ4n) is 1.91. The Labute approximate surface area is 149 Å². The summed E-state index contributed by atoms with van der Waals surface area (Å²) in [4.78, 5) is 15.8. The Balaban J connectivity index is 2.66. The molecule has 1 atom stereocenters. The fourth-order valence-corrected chi connectivity index (χ4v) is 1.91. The van der Waals surface area contributed by atoms with Crippen LogP contribution in [0.2, 0.25) is 0 Å². The normalized spacial score (nSPS) is 13.2. The molecule has 0 aliphatic rings. The molecule has 0 aliphatic heterocycles. The summed E-state index contributed by atoms with van der Waals surface area (Å²) in [5.74, 6) is 0.348. The van der Waals surface area contributed by atoms with E-state index in [2.05, 4.69) is 15.6 Å². The van der Waals surface area contributed by atoms with Crippen LogP contribution in [0.4, 0.5) is 4.39 Å². The quantitative estimate of drug-likeness (QED) is 0.469. The zero-order valence-electron chi connectivity index (χ0n) is 15.4. The van der Waals surface area contributed by atoms with Crippen molar-refractivity contribution in [1.82, 2.24) is 10.6 Å². The first kappa shape index (κ1) is 20.7. The van der Waals surface area contributed by atoms with Gasteiger partial charge in [0.05, 0.1) is 18.5 Å². The summed E-state index contributed by atoms with van der Waals surface area (Å²) in [6.45, 7) is 8.91. The van der Waals surface area contributed by atoms with Crippen molar-refractivity contribution in [3.05, 3.63) is 30.1 Å². The highest BCUT2D eigenvalue weighted by Crippen LogP contribution is 2.15. The average molecular weight is 352 g/mol. The summed E-state index contributed by atoms with van der Waals surface area (Å²) < 4.78 is 19.0. The highest BCUT2D eigenvalue weighted by atomic mass is 19.1.